The van der Waals surface area contributed by atoms with E-state index in [1.165, 1.54) is 11.3 Å². The largest absolute Gasteiger partial charge is 0.339 e. The van der Waals surface area contributed by atoms with Gasteiger partial charge in [0.25, 0.3) is 5.91 Å². The number of amides is 1. The van der Waals surface area contributed by atoms with Gasteiger partial charge in [-0.25, -0.2) is 4.98 Å². The maximum absolute atomic E-state index is 12.2. The zero-order valence-electron chi connectivity index (χ0n) is 10.6. The topological polar surface area (TPSA) is 72.1 Å². The Morgan fingerprint density at radius 1 is 1.58 bits per heavy atom. The van der Waals surface area contributed by atoms with Gasteiger partial charge in [0.15, 0.2) is 5.82 Å². The van der Waals surface area contributed by atoms with Crippen molar-refractivity contribution in [2.24, 2.45) is 0 Å². The molecule has 1 fully saturated rings. The molecule has 0 bridgehead atoms. The van der Waals surface area contributed by atoms with Gasteiger partial charge >= 0.3 is 0 Å². The average Bonchev–Trinajstić information content (AvgIpc) is 3.09. The van der Waals surface area contributed by atoms with Crippen LogP contribution in [0.5, 0.6) is 0 Å². The molecule has 3 heterocycles. The van der Waals surface area contributed by atoms with Crippen molar-refractivity contribution in [2.75, 3.05) is 13.1 Å². The third-order valence-corrected chi connectivity index (χ3v) is 3.84. The molecule has 1 amide bonds. The normalized spacial score (nSPS) is 19.6. The minimum atomic E-state index is -0.0119. The minimum Gasteiger partial charge on any atom is -0.339 e. The van der Waals surface area contributed by atoms with Gasteiger partial charge in [-0.1, -0.05) is 5.16 Å². The van der Waals surface area contributed by atoms with Gasteiger partial charge in [0.1, 0.15) is 5.69 Å². The van der Waals surface area contributed by atoms with Crippen LogP contribution in [0.3, 0.4) is 0 Å². The molecule has 19 heavy (non-hydrogen) atoms. The van der Waals surface area contributed by atoms with E-state index in [0.29, 0.717) is 24.0 Å². The first-order valence-corrected chi connectivity index (χ1v) is 7.16. The predicted octanol–water partition coefficient (Wildman–Crippen LogP) is 1.85. The molecule has 0 N–H and O–H groups in total. The van der Waals surface area contributed by atoms with Gasteiger partial charge in [0, 0.05) is 18.5 Å². The summed E-state index contributed by atoms with van der Waals surface area (Å²) in [5.41, 5.74) is 2.20. The van der Waals surface area contributed by atoms with E-state index in [2.05, 4.69) is 15.1 Å². The van der Waals surface area contributed by atoms with Crippen molar-refractivity contribution in [3.05, 3.63) is 28.3 Å². The summed E-state index contributed by atoms with van der Waals surface area (Å²) < 4.78 is 5.21. The molecule has 0 saturated carbocycles. The van der Waals surface area contributed by atoms with Crippen LogP contribution in [0.1, 0.15) is 41.0 Å². The van der Waals surface area contributed by atoms with Crippen LogP contribution < -0.4 is 0 Å². The number of aromatic nitrogens is 3. The molecule has 0 spiro atoms. The Balaban J connectivity index is 1.73. The van der Waals surface area contributed by atoms with Crippen LogP contribution >= 0.6 is 11.3 Å². The van der Waals surface area contributed by atoms with E-state index in [9.17, 15) is 4.79 Å². The van der Waals surface area contributed by atoms with E-state index in [-0.39, 0.29) is 11.8 Å². The quantitative estimate of drug-likeness (QED) is 0.838. The van der Waals surface area contributed by atoms with Crippen LogP contribution in [-0.4, -0.2) is 39.0 Å². The molecule has 7 heteroatoms. The fourth-order valence-electron chi connectivity index (χ4n) is 2.32. The Bertz CT molecular complexity index is 566. The third-order valence-electron chi connectivity index (χ3n) is 3.25. The SMILES string of the molecule is Cc1noc(C2CCCN(C(=O)c3cscn3)C2)n1. The number of hydrogen-bond acceptors (Lipinski definition) is 6. The number of carbonyl (C=O) groups excluding carboxylic acids is 1. The van der Waals surface area contributed by atoms with Gasteiger partial charge in [0.2, 0.25) is 5.89 Å². The van der Waals surface area contributed by atoms with Crippen molar-refractivity contribution in [1.82, 2.24) is 20.0 Å². The van der Waals surface area contributed by atoms with Gasteiger partial charge in [0.05, 0.1) is 11.4 Å². The second-order valence-electron chi connectivity index (χ2n) is 4.64. The minimum absolute atomic E-state index is 0.0119. The Hall–Kier alpha value is -1.76. The van der Waals surface area contributed by atoms with Gasteiger partial charge in [-0.15, -0.1) is 11.3 Å². The smallest absolute Gasteiger partial charge is 0.273 e. The second kappa shape index (κ2) is 5.08. The molecule has 0 aliphatic carbocycles. The lowest BCUT2D eigenvalue weighted by Gasteiger charge is -2.30. The summed E-state index contributed by atoms with van der Waals surface area (Å²) in [6, 6.07) is 0. The lowest BCUT2D eigenvalue weighted by molar-refractivity contribution is 0.0690. The molecule has 2 aromatic rings. The molecule has 1 unspecified atom stereocenters. The van der Waals surface area contributed by atoms with Gasteiger partial charge < -0.3 is 9.42 Å². The Morgan fingerprint density at radius 3 is 3.16 bits per heavy atom. The van der Waals surface area contributed by atoms with E-state index in [0.717, 1.165) is 19.4 Å². The number of nitrogens with zero attached hydrogens (tertiary/aromatic N) is 4. The average molecular weight is 278 g/mol. The summed E-state index contributed by atoms with van der Waals surface area (Å²) in [5.74, 6) is 1.39. The van der Waals surface area contributed by atoms with Crippen LogP contribution in [0.4, 0.5) is 0 Å². The fourth-order valence-corrected chi connectivity index (χ4v) is 2.85. The van der Waals surface area contributed by atoms with Crippen molar-refractivity contribution in [3.8, 4) is 0 Å². The molecule has 3 rings (SSSR count). The number of thiazole rings is 1. The highest BCUT2D eigenvalue weighted by Crippen LogP contribution is 2.26. The van der Waals surface area contributed by atoms with Crippen LogP contribution in [0.2, 0.25) is 0 Å². The number of carbonyl (C=O) groups is 1. The molecule has 0 radical (unpaired) electrons. The first kappa shape index (κ1) is 12.3. The van der Waals surface area contributed by atoms with Gasteiger partial charge in [-0.2, -0.15) is 4.98 Å². The molecule has 0 aromatic carbocycles. The van der Waals surface area contributed by atoms with Crippen molar-refractivity contribution in [3.63, 3.8) is 0 Å². The highest BCUT2D eigenvalue weighted by Gasteiger charge is 2.29. The number of likely N-dealkylation sites (tertiary alicyclic amines) is 1. The van der Waals surface area contributed by atoms with E-state index >= 15 is 0 Å². The standard InChI is InChI=1S/C12H14N4O2S/c1-8-14-11(18-15-8)9-3-2-4-16(5-9)12(17)10-6-19-7-13-10/h6-7,9H,2-5H2,1H3. The van der Waals surface area contributed by atoms with E-state index in [1.807, 2.05) is 4.90 Å². The van der Waals surface area contributed by atoms with Crippen molar-refractivity contribution < 1.29 is 9.32 Å². The lowest BCUT2D eigenvalue weighted by Crippen LogP contribution is -2.39. The number of rotatable bonds is 2. The maximum atomic E-state index is 12.2. The van der Waals surface area contributed by atoms with Gasteiger partial charge in [-0.3, -0.25) is 4.79 Å². The summed E-state index contributed by atoms with van der Waals surface area (Å²) >= 11 is 1.43. The molecule has 1 aliphatic rings. The summed E-state index contributed by atoms with van der Waals surface area (Å²) in [5, 5.41) is 5.59. The molecule has 6 nitrogen and oxygen atoms in total. The zero-order valence-corrected chi connectivity index (χ0v) is 11.4. The maximum Gasteiger partial charge on any atom is 0.273 e. The molecule has 1 atom stereocenters. The fraction of sp³-hybridized carbons (Fsp3) is 0.500. The Labute approximate surface area is 114 Å². The summed E-state index contributed by atoms with van der Waals surface area (Å²) in [6.07, 6.45) is 1.92. The van der Waals surface area contributed by atoms with E-state index in [1.54, 1.807) is 17.8 Å². The van der Waals surface area contributed by atoms with Crippen LogP contribution in [0.15, 0.2) is 15.4 Å². The molecular weight excluding hydrogens is 264 g/mol. The Kier molecular flexibility index (Phi) is 3.29. The summed E-state index contributed by atoms with van der Waals surface area (Å²) in [6.45, 7) is 3.19. The van der Waals surface area contributed by atoms with Crippen molar-refractivity contribution in [1.29, 1.82) is 0 Å². The highest BCUT2D eigenvalue weighted by molar-refractivity contribution is 7.07. The van der Waals surface area contributed by atoms with Crippen molar-refractivity contribution >= 4 is 17.2 Å². The molecular formula is C12H14N4O2S. The first-order valence-electron chi connectivity index (χ1n) is 6.21. The molecule has 1 aliphatic heterocycles. The van der Waals surface area contributed by atoms with E-state index in [4.69, 9.17) is 4.52 Å². The first-order chi connectivity index (χ1) is 9.24. The summed E-state index contributed by atoms with van der Waals surface area (Å²) in [4.78, 5) is 22.4. The summed E-state index contributed by atoms with van der Waals surface area (Å²) in [7, 11) is 0. The van der Waals surface area contributed by atoms with Gasteiger partial charge in [-0.05, 0) is 19.8 Å². The Morgan fingerprint density at radius 2 is 2.47 bits per heavy atom. The zero-order chi connectivity index (χ0) is 13.2. The molecule has 100 valence electrons. The monoisotopic (exact) mass is 278 g/mol. The van der Waals surface area contributed by atoms with Crippen LogP contribution in [0, 0.1) is 6.92 Å². The predicted molar refractivity (Wildman–Crippen MR) is 69.0 cm³/mol. The molecule has 2 aromatic heterocycles. The van der Waals surface area contributed by atoms with E-state index < -0.39 is 0 Å². The number of aryl methyl sites for hydroxylation is 1. The third kappa shape index (κ3) is 2.51. The van der Waals surface area contributed by atoms with Crippen molar-refractivity contribution in [2.45, 2.75) is 25.7 Å². The number of piperidine rings is 1. The highest BCUT2D eigenvalue weighted by atomic mass is 32.1. The van der Waals surface area contributed by atoms with Crippen LogP contribution in [-0.2, 0) is 0 Å². The number of hydrogen-bond donors (Lipinski definition) is 0. The van der Waals surface area contributed by atoms with Crippen LogP contribution in [0.25, 0.3) is 0 Å². The second-order valence-corrected chi connectivity index (χ2v) is 5.36. The molecule has 1 saturated heterocycles. The lowest BCUT2D eigenvalue weighted by atomic mass is 9.98.